The first kappa shape index (κ1) is 16.4. The van der Waals surface area contributed by atoms with Crippen molar-refractivity contribution in [3.8, 4) is 0 Å². The van der Waals surface area contributed by atoms with Gasteiger partial charge in [0, 0.05) is 12.4 Å². The second-order valence-electron chi connectivity index (χ2n) is 5.97. The number of hydrogen-bond acceptors (Lipinski definition) is 5. The van der Waals surface area contributed by atoms with Crippen LogP contribution >= 0.6 is 11.3 Å². The molecule has 0 unspecified atom stereocenters. The molecule has 1 atom stereocenters. The second-order valence-corrected chi connectivity index (χ2v) is 6.89. The minimum atomic E-state index is -0.392. The number of nitrogens with zero attached hydrogens (tertiary/aromatic N) is 2. The lowest BCUT2D eigenvalue weighted by Gasteiger charge is -2.14. The Balaban J connectivity index is 1.48. The lowest BCUT2D eigenvalue weighted by molar-refractivity contribution is 0.0941. The van der Waals surface area contributed by atoms with Gasteiger partial charge in [0.1, 0.15) is 10.6 Å². The average molecular weight is 364 g/mol. The van der Waals surface area contributed by atoms with E-state index < -0.39 is 5.91 Å². The van der Waals surface area contributed by atoms with Crippen LogP contribution in [-0.4, -0.2) is 21.8 Å². The zero-order chi connectivity index (χ0) is 17.9. The standard InChI is InChI=1S/C19H16N4O2S/c24-18(16-11-20-8-9-21-16)23-15-7-10-26-17(15)19(25)22-14-6-5-12-3-1-2-4-13(12)14/h1-4,7-11,14H,5-6H2,(H,22,25)(H,23,24)/t14-/m1/s1. The maximum absolute atomic E-state index is 12.7. The molecule has 2 amide bonds. The van der Waals surface area contributed by atoms with Crippen LogP contribution in [0.4, 0.5) is 5.69 Å². The molecule has 6 nitrogen and oxygen atoms in total. The van der Waals surface area contributed by atoms with Crippen molar-refractivity contribution in [2.75, 3.05) is 5.32 Å². The summed E-state index contributed by atoms with van der Waals surface area (Å²) in [5, 5.41) is 7.60. The molecule has 7 heteroatoms. The fraction of sp³-hybridized carbons (Fsp3) is 0.158. The number of anilines is 1. The number of aryl methyl sites for hydroxylation is 1. The van der Waals surface area contributed by atoms with Crippen molar-refractivity contribution < 1.29 is 9.59 Å². The molecule has 130 valence electrons. The molecule has 2 N–H and O–H groups in total. The van der Waals surface area contributed by atoms with E-state index in [9.17, 15) is 9.59 Å². The number of benzene rings is 1. The maximum atomic E-state index is 12.7. The molecule has 1 aliphatic carbocycles. The number of nitrogens with one attached hydrogen (secondary N) is 2. The Hall–Kier alpha value is -3.06. The zero-order valence-corrected chi connectivity index (χ0v) is 14.6. The Labute approximate surface area is 154 Å². The fourth-order valence-electron chi connectivity index (χ4n) is 3.12. The van der Waals surface area contributed by atoms with Gasteiger partial charge >= 0.3 is 0 Å². The van der Waals surface area contributed by atoms with Crippen LogP contribution in [0.2, 0.25) is 0 Å². The zero-order valence-electron chi connectivity index (χ0n) is 13.8. The number of aromatic nitrogens is 2. The van der Waals surface area contributed by atoms with E-state index in [0.717, 1.165) is 12.8 Å². The largest absolute Gasteiger partial charge is 0.344 e. The first-order chi connectivity index (χ1) is 12.7. The van der Waals surface area contributed by atoms with Crippen LogP contribution in [0.25, 0.3) is 0 Å². The highest BCUT2D eigenvalue weighted by Crippen LogP contribution is 2.32. The van der Waals surface area contributed by atoms with Crippen molar-refractivity contribution in [2.24, 2.45) is 0 Å². The molecule has 1 aliphatic rings. The Morgan fingerprint density at radius 2 is 2.00 bits per heavy atom. The molecule has 1 aromatic carbocycles. The van der Waals surface area contributed by atoms with Crippen molar-refractivity contribution in [1.82, 2.24) is 15.3 Å². The summed E-state index contributed by atoms with van der Waals surface area (Å²) >= 11 is 1.30. The summed E-state index contributed by atoms with van der Waals surface area (Å²) in [6.45, 7) is 0. The maximum Gasteiger partial charge on any atom is 0.275 e. The number of amides is 2. The van der Waals surface area contributed by atoms with Gasteiger partial charge in [0.15, 0.2) is 0 Å². The molecule has 0 saturated heterocycles. The van der Waals surface area contributed by atoms with Crippen LogP contribution in [0.5, 0.6) is 0 Å². The second kappa shape index (κ2) is 7.05. The summed E-state index contributed by atoms with van der Waals surface area (Å²) in [5.74, 6) is -0.576. The fourth-order valence-corrected chi connectivity index (χ4v) is 3.87. The van der Waals surface area contributed by atoms with Crippen LogP contribution in [0.1, 0.15) is 43.7 Å². The Kier molecular flexibility index (Phi) is 4.45. The molecule has 0 aliphatic heterocycles. The third-order valence-electron chi connectivity index (χ3n) is 4.35. The quantitative estimate of drug-likeness (QED) is 0.745. The van der Waals surface area contributed by atoms with Crippen LogP contribution in [0.15, 0.2) is 54.3 Å². The van der Waals surface area contributed by atoms with E-state index >= 15 is 0 Å². The molecule has 0 bridgehead atoms. The highest BCUT2D eigenvalue weighted by molar-refractivity contribution is 7.12. The highest BCUT2D eigenvalue weighted by Gasteiger charge is 2.25. The SMILES string of the molecule is O=C(Nc1ccsc1C(=O)N[C@@H]1CCc2ccccc21)c1cnccn1. The third kappa shape index (κ3) is 3.21. The van der Waals surface area contributed by atoms with Gasteiger partial charge in [0.25, 0.3) is 11.8 Å². The normalized spacial score (nSPS) is 15.3. The summed E-state index contributed by atoms with van der Waals surface area (Å²) in [7, 11) is 0. The molecule has 4 rings (SSSR count). The van der Waals surface area contributed by atoms with Crippen molar-refractivity contribution in [3.05, 3.63) is 76.0 Å². The number of thiophene rings is 1. The van der Waals surface area contributed by atoms with E-state index in [1.807, 2.05) is 12.1 Å². The van der Waals surface area contributed by atoms with Gasteiger partial charge in [-0.2, -0.15) is 0 Å². The summed E-state index contributed by atoms with van der Waals surface area (Å²) in [6.07, 6.45) is 6.18. The van der Waals surface area contributed by atoms with E-state index in [0.29, 0.717) is 10.6 Å². The number of hydrogen-bond donors (Lipinski definition) is 2. The van der Waals surface area contributed by atoms with E-state index in [4.69, 9.17) is 0 Å². The third-order valence-corrected chi connectivity index (χ3v) is 5.27. The van der Waals surface area contributed by atoms with Gasteiger partial charge in [-0.25, -0.2) is 4.98 Å². The molecule has 0 radical (unpaired) electrons. The van der Waals surface area contributed by atoms with Gasteiger partial charge in [0.05, 0.1) is 17.9 Å². The number of rotatable bonds is 4. The monoisotopic (exact) mass is 364 g/mol. The van der Waals surface area contributed by atoms with E-state index in [1.54, 1.807) is 11.4 Å². The number of carbonyl (C=O) groups is 2. The van der Waals surface area contributed by atoms with Gasteiger partial charge in [-0.1, -0.05) is 24.3 Å². The summed E-state index contributed by atoms with van der Waals surface area (Å²) < 4.78 is 0. The number of carbonyl (C=O) groups excluding carboxylic acids is 2. The Morgan fingerprint density at radius 3 is 2.85 bits per heavy atom. The Bertz CT molecular complexity index is 955. The van der Waals surface area contributed by atoms with Gasteiger partial charge in [0.2, 0.25) is 0 Å². The Morgan fingerprint density at radius 1 is 1.12 bits per heavy atom. The van der Waals surface area contributed by atoms with Crippen LogP contribution in [0.3, 0.4) is 0 Å². The minimum Gasteiger partial charge on any atom is -0.344 e. The minimum absolute atomic E-state index is 0.00402. The van der Waals surface area contributed by atoms with E-state index in [1.165, 1.54) is 41.1 Å². The van der Waals surface area contributed by atoms with Crippen LogP contribution < -0.4 is 10.6 Å². The molecule has 0 fully saturated rings. The topological polar surface area (TPSA) is 84.0 Å². The predicted octanol–water partition coefficient (Wildman–Crippen LogP) is 3.21. The molecule has 3 aromatic rings. The van der Waals surface area contributed by atoms with E-state index in [2.05, 4.69) is 32.7 Å². The molecule has 0 saturated carbocycles. The lowest BCUT2D eigenvalue weighted by Crippen LogP contribution is -2.27. The summed E-state index contributed by atoms with van der Waals surface area (Å²) in [5.41, 5.74) is 3.13. The van der Waals surface area contributed by atoms with Crippen molar-refractivity contribution in [1.29, 1.82) is 0 Å². The van der Waals surface area contributed by atoms with Gasteiger partial charge in [-0.3, -0.25) is 14.6 Å². The van der Waals surface area contributed by atoms with Gasteiger partial charge in [-0.15, -0.1) is 11.3 Å². The van der Waals surface area contributed by atoms with Crippen LogP contribution in [0, 0.1) is 0 Å². The van der Waals surface area contributed by atoms with Crippen molar-refractivity contribution in [3.63, 3.8) is 0 Å². The lowest BCUT2D eigenvalue weighted by atomic mass is 10.1. The highest BCUT2D eigenvalue weighted by atomic mass is 32.1. The molecular weight excluding hydrogens is 348 g/mol. The van der Waals surface area contributed by atoms with Crippen molar-refractivity contribution >= 4 is 28.8 Å². The summed E-state index contributed by atoms with van der Waals surface area (Å²) in [4.78, 5) is 33.3. The summed E-state index contributed by atoms with van der Waals surface area (Å²) in [6, 6.07) is 9.88. The number of fused-ring (bicyclic) bond motifs is 1. The molecule has 2 heterocycles. The molecule has 0 spiro atoms. The van der Waals surface area contributed by atoms with Gasteiger partial charge < -0.3 is 10.6 Å². The molecular formula is C19H16N4O2S. The smallest absolute Gasteiger partial charge is 0.275 e. The molecule has 26 heavy (non-hydrogen) atoms. The van der Waals surface area contributed by atoms with Crippen molar-refractivity contribution in [2.45, 2.75) is 18.9 Å². The molecule has 2 aromatic heterocycles. The van der Waals surface area contributed by atoms with Crippen LogP contribution in [-0.2, 0) is 6.42 Å². The van der Waals surface area contributed by atoms with Gasteiger partial charge in [-0.05, 0) is 35.4 Å². The van der Waals surface area contributed by atoms with E-state index in [-0.39, 0.29) is 17.6 Å². The predicted molar refractivity (Wildman–Crippen MR) is 99.3 cm³/mol. The first-order valence-corrected chi connectivity index (χ1v) is 9.14. The first-order valence-electron chi connectivity index (χ1n) is 8.26. The average Bonchev–Trinajstić information content (AvgIpc) is 3.30.